The van der Waals surface area contributed by atoms with E-state index in [1.807, 2.05) is 19.1 Å². The van der Waals surface area contributed by atoms with E-state index < -0.39 is 21.6 Å². The smallest absolute Gasteiger partial charge is 0.341 e. The summed E-state index contributed by atoms with van der Waals surface area (Å²) in [6.07, 6.45) is 0. The largest absolute Gasteiger partial charge is 0.392 e. The number of tetrazole rings is 1. The molecule has 0 fully saturated rings. The van der Waals surface area contributed by atoms with E-state index in [2.05, 4.69) is 10.2 Å². The molecule has 2 N–H and O–H groups in total. The Morgan fingerprint density at radius 1 is 1.09 bits per heavy atom. The topological polar surface area (TPSA) is 152 Å². The second kappa shape index (κ2) is 8.50. The second-order valence-electron chi connectivity index (χ2n) is 7.14. The van der Waals surface area contributed by atoms with Crippen molar-refractivity contribution in [2.24, 2.45) is 0 Å². The molecule has 0 saturated carbocycles. The van der Waals surface area contributed by atoms with Crippen molar-refractivity contribution < 1.29 is 27.8 Å². The van der Waals surface area contributed by atoms with Crippen molar-refractivity contribution in [1.82, 2.24) is 15.0 Å². The lowest BCUT2D eigenvalue weighted by Crippen LogP contribution is -2.44. The van der Waals surface area contributed by atoms with Crippen LogP contribution in [0.3, 0.4) is 0 Å². The van der Waals surface area contributed by atoms with Gasteiger partial charge in [0.15, 0.2) is 5.69 Å². The van der Waals surface area contributed by atoms with Gasteiger partial charge in [-0.05, 0) is 47.2 Å². The van der Waals surface area contributed by atoms with E-state index >= 15 is 0 Å². The van der Waals surface area contributed by atoms with Gasteiger partial charge in [-0.25, -0.2) is 0 Å². The van der Waals surface area contributed by atoms with Crippen molar-refractivity contribution in [2.45, 2.75) is 18.4 Å². The summed E-state index contributed by atoms with van der Waals surface area (Å²) in [4.78, 5) is 12.9. The van der Waals surface area contributed by atoms with Crippen molar-refractivity contribution in [1.29, 1.82) is 0 Å². The maximum absolute atomic E-state index is 11.9. The van der Waals surface area contributed by atoms with Crippen LogP contribution in [-0.4, -0.2) is 38.0 Å². The van der Waals surface area contributed by atoms with Crippen LogP contribution in [-0.2, 0) is 16.7 Å². The molecule has 33 heavy (non-hydrogen) atoms. The molecule has 4 rings (SSSR count). The number of aryl methyl sites for hydroxylation is 1. The number of aliphatic hydroxyl groups is 1. The number of hydrogen-bond acceptors (Lipinski definition) is 7. The van der Waals surface area contributed by atoms with Crippen molar-refractivity contribution in [2.75, 3.05) is 0 Å². The third kappa shape index (κ3) is 4.35. The van der Waals surface area contributed by atoms with Crippen LogP contribution in [0.5, 0.6) is 0 Å². The van der Waals surface area contributed by atoms with Gasteiger partial charge in [-0.1, -0.05) is 29.8 Å². The molecule has 0 aliphatic rings. The number of nitro groups is 1. The van der Waals surface area contributed by atoms with Gasteiger partial charge >= 0.3 is 5.82 Å². The highest BCUT2D eigenvalue weighted by atomic mass is 32.2. The summed E-state index contributed by atoms with van der Waals surface area (Å²) >= 11 is 0. The van der Waals surface area contributed by atoms with Crippen molar-refractivity contribution >= 4 is 15.8 Å². The van der Waals surface area contributed by atoms with E-state index in [1.165, 1.54) is 46.0 Å². The predicted octanol–water partition coefficient (Wildman–Crippen LogP) is 2.17. The highest BCUT2D eigenvalue weighted by Gasteiger charge is 2.29. The third-order valence-corrected chi connectivity index (χ3v) is 5.80. The van der Waals surface area contributed by atoms with Crippen molar-refractivity contribution in [3.63, 3.8) is 0 Å². The van der Waals surface area contributed by atoms with E-state index in [-0.39, 0.29) is 27.5 Å². The number of nitrogens with zero attached hydrogens (tertiary/aromatic N) is 5. The Balaban J connectivity index is 2.00. The summed E-state index contributed by atoms with van der Waals surface area (Å²) in [5.41, 5.74) is 1.92. The number of nitro benzene ring substituents is 1. The van der Waals surface area contributed by atoms with Gasteiger partial charge in [-0.3, -0.25) is 14.7 Å². The van der Waals surface area contributed by atoms with E-state index in [0.717, 1.165) is 5.56 Å². The van der Waals surface area contributed by atoms with Gasteiger partial charge in [0.25, 0.3) is 15.8 Å². The van der Waals surface area contributed by atoms with E-state index in [0.29, 0.717) is 11.4 Å². The molecule has 3 aromatic carbocycles. The number of aromatic nitrogens is 4. The molecule has 0 unspecified atom stereocenters. The Hall–Kier alpha value is -4.00. The van der Waals surface area contributed by atoms with Crippen LogP contribution < -0.4 is 4.80 Å². The molecule has 0 saturated heterocycles. The molecular weight excluding hydrogens is 450 g/mol. The molecule has 12 heteroatoms. The molecule has 4 aromatic rings. The number of hydrogen-bond donors (Lipinski definition) is 2. The standard InChI is InChI=1S/C21H17N5O6S/c1-14-6-8-16(9-7-14)24-22-21(18-4-2-3-5-20(18)33(30,31)32)23-25(24)19-11-10-17(26(28)29)12-15(19)13-27/h2-12,27H,13H2,1H3/p+1. The summed E-state index contributed by atoms with van der Waals surface area (Å²) in [7, 11) is -4.56. The Morgan fingerprint density at radius 3 is 2.42 bits per heavy atom. The zero-order valence-corrected chi connectivity index (χ0v) is 18.0. The lowest BCUT2D eigenvalue weighted by atomic mass is 10.1. The fourth-order valence-electron chi connectivity index (χ4n) is 3.28. The molecule has 0 radical (unpaired) electrons. The fourth-order valence-corrected chi connectivity index (χ4v) is 3.96. The average molecular weight is 468 g/mol. The van der Waals surface area contributed by atoms with Gasteiger partial charge in [0.1, 0.15) is 10.6 Å². The maximum Gasteiger partial charge on any atom is 0.341 e. The Bertz CT molecular complexity index is 1470. The number of benzene rings is 3. The minimum absolute atomic E-state index is 0.0222. The van der Waals surface area contributed by atoms with Crippen LogP contribution in [0.15, 0.2) is 71.6 Å². The first-order valence-electron chi connectivity index (χ1n) is 9.61. The van der Waals surface area contributed by atoms with Gasteiger partial charge in [0.2, 0.25) is 0 Å². The first-order chi connectivity index (χ1) is 15.7. The van der Waals surface area contributed by atoms with Crippen LogP contribution in [0.1, 0.15) is 11.1 Å². The molecule has 11 nitrogen and oxygen atoms in total. The van der Waals surface area contributed by atoms with Crippen LogP contribution in [0.25, 0.3) is 22.8 Å². The first kappa shape index (κ1) is 22.2. The lowest BCUT2D eigenvalue weighted by molar-refractivity contribution is -0.735. The normalized spacial score (nSPS) is 11.5. The summed E-state index contributed by atoms with van der Waals surface area (Å²) < 4.78 is 33.4. The van der Waals surface area contributed by atoms with Crippen LogP contribution in [0, 0.1) is 17.0 Å². The zero-order valence-electron chi connectivity index (χ0n) is 17.2. The molecule has 1 aromatic heterocycles. The van der Waals surface area contributed by atoms with E-state index in [9.17, 15) is 28.2 Å². The van der Waals surface area contributed by atoms with Gasteiger partial charge in [0.05, 0.1) is 22.2 Å². The molecular formula is C21H18N5O6S+. The predicted molar refractivity (Wildman–Crippen MR) is 115 cm³/mol. The Kier molecular flexibility index (Phi) is 5.72. The fraction of sp³-hybridized carbons (Fsp3) is 0.0952. The van der Waals surface area contributed by atoms with Crippen LogP contribution in [0.2, 0.25) is 0 Å². The lowest BCUT2D eigenvalue weighted by Gasteiger charge is -2.04. The van der Waals surface area contributed by atoms with E-state index in [1.54, 1.807) is 18.2 Å². The van der Waals surface area contributed by atoms with Crippen molar-refractivity contribution in [3.05, 3.63) is 88.0 Å². The zero-order chi connectivity index (χ0) is 23.8. The molecule has 0 aliphatic heterocycles. The molecule has 0 spiro atoms. The van der Waals surface area contributed by atoms with Gasteiger partial charge in [-0.15, -0.1) is 0 Å². The molecule has 0 amide bonds. The minimum atomic E-state index is -4.56. The Labute approximate surface area is 188 Å². The second-order valence-corrected chi connectivity index (χ2v) is 8.53. The van der Waals surface area contributed by atoms with Gasteiger partial charge in [0, 0.05) is 22.5 Å². The summed E-state index contributed by atoms with van der Waals surface area (Å²) in [5.74, 6) is -0.0222. The minimum Gasteiger partial charge on any atom is -0.392 e. The molecule has 0 bridgehead atoms. The number of rotatable bonds is 6. The highest BCUT2D eigenvalue weighted by Crippen LogP contribution is 2.25. The van der Waals surface area contributed by atoms with Gasteiger partial charge in [-0.2, -0.15) is 8.42 Å². The summed E-state index contributed by atoms with van der Waals surface area (Å²) in [6.45, 7) is 1.40. The summed E-state index contributed by atoms with van der Waals surface area (Å²) in [6, 6.07) is 16.8. The number of aliphatic hydroxyl groups excluding tert-OH is 1. The average Bonchev–Trinajstić information content (AvgIpc) is 3.23. The molecule has 0 atom stereocenters. The highest BCUT2D eigenvalue weighted by molar-refractivity contribution is 7.86. The number of non-ortho nitro benzene ring substituents is 1. The molecule has 168 valence electrons. The first-order valence-corrected chi connectivity index (χ1v) is 11.0. The summed E-state index contributed by atoms with van der Waals surface area (Å²) in [5, 5.41) is 29.9. The van der Waals surface area contributed by atoms with Gasteiger partial charge < -0.3 is 5.11 Å². The molecule has 1 heterocycles. The monoisotopic (exact) mass is 468 g/mol. The SMILES string of the molecule is Cc1ccc(-n2nc(-c3ccccc3S(=O)(=O)O)n[n+]2-c2ccc([N+](=O)[O-])cc2CO)cc1. The van der Waals surface area contributed by atoms with Crippen LogP contribution >= 0.6 is 0 Å². The van der Waals surface area contributed by atoms with Crippen LogP contribution in [0.4, 0.5) is 5.69 Å². The van der Waals surface area contributed by atoms with E-state index in [4.69, 9.17) is 0 Å². The third-order valence-electron chi connectivity index (χ3n) is 4.89. The van der Waals surface area contributed by atoms with Crippen molar-refractivity contribution in [3.8, 4) is 22.8 Å². The molecule has 0 aliphatic carbocycles. The maximum atomic E-state index is 11.9. The Morgan fingerprint density at radius 2 is 1.79 bits per heavy atom. The quantitative estimate of drug-likeness (QED) is 0.189.